The van der Waals surface area contributed by atoms with E-state index in [4.69, 9.17) is 10.2 Å². The van der Waals surface area contributed by atoms with Crippen molar-refractivity contribution >= 4 is 0 Å². The molecule has 0 unspecified atom stereocenters. The van der Waals surface area contributed by atoms with Gasteiger partial charge in [0.05, 0.1) is 36.0 Å². The Bertz CT molecular complexity index is 925. The minimum absolute atomic E-state index is 0. The Balaban J connectivity index is 0.000000234. The molecule has 5 nitrogen and oxygen atoms in total. The van der Waals surface area contributed by atoms with Crippen molar-refractivity contribution < 1.29 is 30.3 Å². The molecular weight excluding hydrogens is 542 g/mol. The van der Waals surface area contributed by atoms with Gasteiger partial charge in [-0.25, -0.2) is 0 Å². The van der Waals surface area contributed by atoms with Crippen molar-refractivity contribution in [2.45, 2.75) is 13.2 Å². The van der Waals surface area contributed by atoms with Gasteiger partial charge in [0.25, 0.3) is 0 Å². The van der Waals surface area contributed by atoms with Crippen molar-refractivity contribution in [1.82, 2.24) is 15.0 Å². The second-order valence-electron chi connectivity index (χ2n) is 5.84. The van der Waals surface area contributed by atoms with E-state index in [1.807, 2.05) is 60.7 Å². The van der Waals surface area contributed by atoms with Crippen LogP contribution in [0.15, 0.2) is 85.1 Å². The molecule has 0 atom stereocenters. The number of nitrogens with zero attached hydrogens (tertiary/aromatic N) is 3. The van der Waals surface area contributed by atoms with Gasteiger partial charge in [-0.1, -0.05) is 24.3 Å². The van der Waals surface area contributed by atoms with Gasteiger partial charge < -0.3 is 10.2 Å². The Morgan fingerprint density at radius 2 is 1.31 bits per heavy atom. The van der Waals surface area contributed by atoms with Crippen LogP contribution in [0.3, 0.4) is 0 Å². The summed E-state index contributed by atoms with van der Waals surface area (Å²) in [4.78, 5) is 12.8. The molecule has 3 aromatic heterocycles. The quantitative estimate of drug-likeness (QED) is 0.371. The molecule has 6 heteroatoms. The average molecular weight is 563 g/mol. The topological polar surface area (TPSA) is 79.1 Å². The summed E-state index contributed by atoms with van der Waals surface area (Å²) < 4.78 is 0. The zero-order valence-electron chi connectivity index (χ0n) is 15.6. The molecule has 1 aromatic carbocycles. The van der Waals surface area contributed by atoms with Gasteiger partial charge in [-0.05, 0) is 36.0 Å². The summed E-state index contributed by atoms with van der Waals surface area (Å²) in [7, 11) is 0. The number of pyridine rings is 3. The first-order valence-electron chi connectivity index (χ1n) is 8.82. The third-order valence-corrected chi connectivity index (χ3v) is 3.85. The Hall–Kier alpha value is -2.76. The van der Waals surface area contributed by atoms with Crippen LogP contribution in [0.1, 0.15) is 11.4 Å². The fourth-order valence-corrected chi connectivity index (χ4v) is 2.50. The van der Waals surface area contributed by atoms with Gasteiger partial charge in [-0.3, -0.25) is 15.0 Å². The predicted octanol–water partition coefficient (Wildman–Crippen LogP) is 3.67. The van der Waals surface area contributed by atoms with Crippen LogP contribution in [0.2, 0.25) is 0 Å². The smallest absolute Gasteiger partial charge is 0.0876 e. The van der Waals surface area contributed by atoms with Crippen LogP contribution in [0, 0.1) is 6.07 Å². The number of aliphatic hydroxyl groups excluding tert-OH is 2. The average Bonchev–Trinajstić information content (AvgIpc) is 2.81. The van der Waals surface area contributed by atoms with E-state index >= 15 is 0 Å². The maximum atomic E-state index is 8.61. The zero-order chi connectivity index (χ0) is 19.6. The molecule has 0 aliphatic heterocycles. The van der Waals surface area contributed by atoms with E-state index in [1.165, 1.54) is 0 Å². The molecule has 29 heavy (non-hydrogen) atoms. The largest absolute Gasteiger partial charge is 0.390 e. The van der Waals surface area contributed by atoms with Crippen molar-refractivity contribution in [1.29, 1.82) is 0 Å². The van der Waals surface area contributed by atoms with E-state index < -0.39 is 0 Å². The summed E-state index contributed by atoms with van der Waals surface area (Å²) in [6, 6.07) is 28.0. The molecule has 0 fully saturated rings. The number of benzene rings is 1. The van der Waals surface area contributed by atoms with Crippen molar-refractivity contribution in [2.24, 2.45) is 0 Å². The number of hydrogen-bond acceptors (Lipinski definition) is 5. The second-order valence-corrected chi connectivity index (χ2v) is 5.84. The first kappa shape index (κ1) is 22.5. The van der Waals surface area contributed by atoms with Crippen molar-refractivity contribution in [3.8, 4) is 22.6 Å². The Morgan fingerprint density at radius 3 is 1.93 bits per heavy atom. The molecule has 2 N–H and O–H groups in total. The van der Waals surface area contributed by atoms with Crippen LogP contribution in [-0.4, -0.2) is 25.2 Å². The minimum atomic E-state index is -0.0756. The van der Waals surface area contributed by atoms with Crippen LogP contribution >= 0.6 is 0 Å². The normalized spacial score (nSPS) is 9.72. The molecule has 0 aliphatic rings. The molecule has 0 amide bonds. The first-order valence-corrected chi connectivity index (χ1v) is 8.82. The molecular formula is C23H20IrN3O2-. The summed E-state index contributed by atoms with van der Waals surface area (Å²) >= 11 is 0. The Morgan fingerprint density at radius 1 is 0.655 bits per heavy atom. The van der Waals surface area contributed by atoms with Gasteiger partial charge in [0.2, 0.25) is 0 Å². The fourth-order valence-electron chi connectivity index (χ4n) is 2.50. The minimum Gasteiger partial charge on any atom is -0.390 e. The first-order chi connectivity index (χ1) is 13.8. The number of rotatable bonds is 4. The standard InChI is InChI=1S/C16H11N2.C7H9NO2.Ir/c1-2-7-13(8-3-1)14-10-6-11-16(18-14)15-9-4-5-12-17-15;9-4-6-2-1-3-7(5-10)8-6;/h1-7,9-12H;1-3,9-10H,4-5H2;/q-1;;. The third-order valence-electron chi connectivity index (χ3n) is 3.85. The van der Waals surface area contributed by atoms with Gasteiger partial charge in [-0.2, -0.15) is 0 Å². The molecule has 0 saturated heterocycles. The van der Waals surface area contributed by atoms with E-state index in [1.54, 1.807) is 24.4 Å². The Kier molecular flexibility index (Phi) is 9.28. The summed E-state index contributed by atoms with van der Waals surface area (Å²) in [6.07, 6.45) is 1.78. The predicted molar refractivity (Wildman–Crippen MR) is 108 cm³/mol. The van der Waals surface area contributed by atoms with Crippen LogP contribution in [0.25, 0.3) is 22.6 Å². The van der Waals surface area contributed by atoms with Gasteiger partial charge in [-0.15, -0.1) is 35.9 Å². The van der Waals surface area contributed by atoms with Crippen LogP contribution in [-0.2, 0) is 33.3 Å². The molecule has 4 aromatic rings. The van der Waals surface area contributed by atoms with E-state index in [9.17, 15) is 0 Å². The van der Waals surface area contributed by atoms with Crippen LogP contribution < -0.4 is 0 Å². The van der Waals surface area contributed by atoms with E-state index in [-0.39, 0.29) is 33.3 Å². The molecule has 149 valence electrons. The maximum Gasteiger partial charge on any atom is 0.0876 e. The van der Waals surface area contributed by atoms with Crippen molar-refractivity contribution in [3.05, 3.63) is 103 Å². The van der Waals surface area contributed by atoms with E-state index in [0.29, 0.717) is 11.4 Å². The van der Waals surface area contributed by atoms with Crippen molar-refractivity contribution in [3.63, 3.8) is 0 Å². The van der Waals surface area contributed by atoms with Crippen LogP contribution in [0.4, 0.5) is 0 Å². The monoisotopic (exact) mass is 563 g/mol. The van der Waals surface area contributed by atoms with Gasteiger partial charge >= 0.3 is 0 Å². The molecule has 0 bridgehead atoms. The number of aromatic nitrogens is 3. The van der Waals surface area contributed by atoms with Crippen molar-refractivity contribution in [2.75, 3.05) is 0 Å². The van der Waals surface area contributed by atoms with Gasteiger partial charge in [0.1, 0.15) is 0 Å². The molecule has 0 saturated carbocycles. The fraction of sp³-hybridized carbons (Fsp3) is 0.0870. The summed E-state index contributed by atoms with van der Waals surface area (Å²) in [5, 5.41) is 17.2. The molecule has 1 radical (unpaired) electrons. The Labute approximate surface area is 183 Å². The number of aliphatic hydroxyl groups is 2. The molecule has 0 aliphatic carbocycles. The van der Waals surface area contributed by atoms with Gasteiger partial charge in [0, 0.05) is 26.3 Å². The number of hydrogen-bond donors (Lipinski definition) is 2. The SMILES string of the molecule is OCc1cccc(CO)n1.[Ir].[c-]1ccccc1-c1cccc(-c2ccccn2)n1. The summed E-state index contributed by atoms with van der Waals surface area (Å²) in [6.45, 7) is -0.151. The molecule has 0 spiro atoms. The van der Waals surface area contributed by atoms with Gasteiger partial charge in [0.15, 0.2) is 0 Å². The van der Waals surface area contributed by atoms with Crippen LogP contribution in [0.5, 0.6) is 0 Å². The van der Waals surface area contributed by atoms with E-state index in [0.717, 1.165) is 22.6 Å². The summed E-state index contributed by atoms with van der Waals surface area (Å²) in [5.41, 5.74) is 4.85. The third kappa shape index (κ3) is 6.66. The molecule has 4 rings (SSSR count). The maximum absolute atomic E-state index is 8.61. The van der Waals surface area contributed by atoms with E-state index in [2.05, 4.69) is 21.0 Å². The second kappa shape index (κ2) is 11.9. The molecule has 3 heterocycles. The zero-order valence-corrected chi connectivity index (χ0v) is 18.0. The summed E-state index contributed by atoms with van der Waals surface area (Å²) in [5.74, 6) is 0.